The molecular formula is C21H16F3NO2. The SMILES string of the molecule is O=C1[C@H]2CC=C(c3ccccc3C(F)(F)F)C[C@H]2C(=O)N1c1ccccc1. The average Bonchev–Trinajstić information content (AvgIpc) is 2.92. The molecule has 138 valence electrons. The molecule has 0 saturated carbocycles. The van der Waals surface area contributed by atoms with E-state index in [1.165, 1.54) is 17.0 Å². The number of amides is 2. The summed E-state index contributed by atoms with van der Waals surface area (Å²) in [6.07, 6.45) is -2.41. The van der Waals surface area contributed by atoms with Gasteiger partial charge in [0.05, 0.1) is 23.1 Å². The summed E-state index contributed by atoms with van der Waals surface area (Å²) in [5, 5.41) is 0. The lowest BCUT2D eigenvalue weighted by Gasteiger charge is -2.23. The summed E-state index contributed by atoms with van der Waals surface area (Å²) in [6.45, 7) is 0. The van der Waals surface area contributed by atoms with Crippen molar-refractivity contribution in [3.8, 4) is 0 Å². The fraction of sp³-hybridized carbons (Fsp3) is 0.238. The monoisotopic (exact) mass is 371 g/mol. The number of anilines is 1. The van der Waals surface area contributed by atoms with Crippen molar-refractivity contribution in [3.05, 3.63) is 71.8 Å². The molecule has 6 heteroatoms. The lowest BCUT2D eigenvalue weighted by molar-refractivity contribution is -0.137. The van der Waals surface area contributed by atoms with Gasteiger partial charge in [0.25, 0.3) is 0 Å². The Balaban J connectivity index is 1.67. The predicted octanol–water partition coefficient (Wildman–Crippen LogP) is 4.69. The van der Waals surface area contributed by atoms with Crippen molar-refractivity contribution >= 4 is 23.1 Å². The van der Waals surface area contributed by atoms with Crippen molar-refractivity contribution in [3.63, 3.8) is 0 Å². The Hall–Kier alpha value is -2.89. The van der Waals surface area contributed by atoms with Crippen LogP contribution in [0.15, 0.2) is 60.7 Å². The molecule has 1 heterocycles. The van der Waals surface area contributed by atoms with Gasteiger partial charge in [0, 0.05) is 0 Å². The van der Waals surface area contributed by atoms with Gasteiger partial charge in [-0.2, -0.15) is 13.2 Å². The molecule has 2 aromatic rings. The zero-order valence-corrected chi connectivity index (χ0v) is 14.2. The topological polar surface area (TPSA) is 37.4 Å². The molecule has 4 rings (SSSR count). The average molecular weight is 371 g/mol. The number of para-hydroxylation sites is 1. The van der Waals surface area contributed by atoms with Crippen LogP contribution < -0.4 is 4.90 Å². The maximum absolute atomic E-state index is 13.3. The second kappa shape index (κ2) is 6.37. The van der Waals surface area contributed by atoms with E-state index in [4.69, 9.17) is 0 Å². The van der Waals surface area contributed by atoms with Gasteiger partial charge in [-0.25, -0.2) is 0 Å². The first-order valence-corrected chi connectivity index (χ1v) is 8.66. The van der Waals surface area contributed by atoms with Crippen LogP contribution in [0.1, 0.15) is 24.0 Å². The minimum absolute atomic E-state index is 0.0851. The largest absolute Gasteiger partial charge is 0.416 e. The Morgan fingerprint density at radius 3 is 2.19 bits per heavy atom. The second-order valence-electron chi connectivity index (χ2n) is 6.77. The number of halogens is 3. The van der Waals surface area contributed by atoms with E-state index >= 15 is 0 Å². The molecule has 0 unspecified atom stereocenters. The molecule has 0 N–H and O–H groups in total. The Morgan fingerprint density at radius 2 is 1.48 bits per heavy atom. The quantitative estimate of drug-likeness (QED) is 0.719. The summed E-state index contributed by atoms with van der Waals surface area (Å²) in [6, 6.07) is 14.0. The van der Waals surface area contributed by atoms with Gasteiger partial charge >= 0.3 is 6.18 Å². The summed E-state index contributed by atoms with van der Waals surface area (Å²) in [5.74, 6) is -1.76. The summed E-state index contributed by atoms with van der Waals surface area (Å²) >= 11 is 0. The van der Waals surface area contributed by atoms with E-state index in [1.807, 2.05) is 0 Å². The second-order valence-corrected chi connectivity index (χ2v) is 6.77. The molecule has 3 nitrogen and oxygen atoms in total. The van der Waals surface area contributed by atoms with Crippen LogP contribution in [-0.2, 0) is 15.8 Å². The van der Waals surface area contributed by atoms with Gasteiger partial charge in [-0.15, -0.1) is 0 Å². The minimum Gasteiger partial charge on any atom is -0.274 e. The van der Waals surface area contributed by atoms with Gasteiger partial charge in [-0.05, 0) is 42.2 Å². The van der Waals surface area contributed by atoms with E-state index < -0.39 is 23.6 Å². The number of allylic oxidation sites excluding steroid dienone is 2. The van der Waals surface area contributed by atoms with E-state index in [-0.39, 0.29) is 30.2 Å². The highest BCUT2D eigenvalue weighted by Gasteiger charge is 2.49. The molecule has 0 spiro atoms. The van der Waals surface area contributed by atoms with Crippen LogP contribution in [0.5, 0.6) is 0 Å². The molecule has 1 aliphatic heterocycles. The van der Waals surface area contributed by atoms with Crippen molar-refractivity contribution < 1.29 is 22.8 Å². The van der Waals surface area contributed by atoms with E-state index in [1.54, 1.807) is 42.5 Å². The van der Waals surface area contributed by atoms with Crippen LogP contribution >= 0.6 is 0 Å². The fourth-order valence-electron chi connectivity index (χ4n) is 3.93. The number of rotatable bonds is 2. The molecular weight excluding hydrogens is 355 g/mol. The molecule has 0 bridgehead atoms. The van der Waals surface area contributed by atoms with Gasteiger partial charge < -0.3 is 0 Å². The summed E-state index contributed by atoms with van der Waals surface area (Å²) in [7, 11) is 0. The lowest BCUT2D eigenvalue weighted by Crippen LogP contribution is -2.30. The van der Waals surface area contributed by atoms with Crippen LogP contribution in [0.2, 0.25) is 0 Å². The highest BCUT2D eigenvalue weighted by atomic mass is 19.4. The number of carbonyl (C=O) groups is 2. The maximum Gasteiger partial charge on any atom is 0.416 e. The van der Waals surface area contributed by atoms with Crippen LogP contribution in [-0.4, -0.2) is 11.8 Å². The Bertz CT molecular complexity index is 934. The molecule has 1 aliphatic carbocycles. The van der Waals surface area contributed by atoms with Gasteiger partial charge in [-0.1, -0.05) is 42.5 Å². The number of imide groups is 1. The van der Waals surface area contributed by atoms with Crippen molar-refractivity contribution in [2.45, 2.75) is 19.0 Å². The number of alkyl halides is 3. The first kappa shape index (κ1) is 17.5. The van der Waals surface area contributed by atoms with E-state index in [0.29, 0.717) is 11.3 Å². The van der Waals surface area contributed by atoms with Crippen molar-refractivity contribution in [2.75, 3.05) is 4.90 Å². The molecule has 2 atom stereocenters. The third kappa shape index (κ3) is 2.95. The highest BCUT2D eigenvalue weighted by molar-refractivity contribution is 6.22. The summed E-state index contributed by atoms with van der Waals surface area (Å²) in [4.78, 5) is 26.7. The van der Waals surface area contributed by atoms with Crippen LogP contribution in [0.3, 0.4) is 0 Å². The molecule has 2 amide bonds. The summed E-state index contributed by atoms with van der Waals surface area (Å²) in [5.41, 5.74) is 0.340. The molecule has 0 radical (unpaired) electrons. The van der Waals surface area contributed by atoms with Crippen LogP contribution in [0.4, 0.5) is 18.9 Å². The third-order valence-corrected chi connectivity index (χ3v) is 5.21. The maximum atomic E-state index is 13.3. The lowest BCUT2D eigenvalue weighted by atomic mass is 9.78. The number of hydrogen-bond donors (Lipinski definition) is 0. The predicted molar refractivity (Wildman–Crippen MR) is 94.6 cm³/mol. The minimum atomic E-state index is -4.47. The Labute approximate surface area is 154 Å². The van der Waals surface area contributed by atoms with Crippen molar-refractivity contribution in [2.24, 2.45) is 11.8 Å². The van der Waals surface area contributed by atoms with Crippen LogP contribution in [0, 0.1) is 11.8 Å². The van der Waals surface area contributed by atoms with Gasteiger partial charge in [0.2, 0.25) is 11.8 Å². The van der Waals surface area contributed by atoms with Crippen molar-refractivity contribution in [1.29, 1.82) is 0 Å². The van der Waals surface area contributed by atoms with Gasteiger partial charge in [-0.3, -0.25) is 14.5 Å². The number of fused-ring (bicyclic) bond motifs is 1. The standard InChI is InChI=1S/C21H16F3NO2/c22-21(23,24)18-9-5-4-8-15(18)13-10-11-16-17(12-13)20(27)25(19(16)26)14-6-2-1-3-7-14/h1-10,16-17H,11-12H2/t16-,17+/m0/s1. The Morgan fingerprint density at radius 1 is 0.852 bits per heavy atom. The zero-order valence-electron chi connectivity index (χ0n) is 14.2. The van der Waals surface area contributed by atoms with Gasteiger partial charge in [0.15, 0.2) is 0 Å². The first-order chi connectivity index (χ1) is 12.9. The van der Waals surface area contributed by atoms with E-state index in [0.717, 1.165) is 6.07 Å². The fourth-order valence-corrected chi connectivity index (χ4v) is 3.93. The molecule has 27 heavy (non-hydrogen) atoms. The molecule has 2 aliphatic rings. The number of benzene rings is 2. The normalized spacial score (nSPS) is 22.6. The third-order valence-electron chi connectivity index (χ3n) is 5.21. The van der Waals surface area contributed by atoms with E-state index in [2.05, 4.69) is 0 Å². The highest BCUT2D eigenvalue weighted by Crippen LogP contribution is 2.44. The van der Waals surface area contributed by atoms with Crippen molar-refractivity contribution in [1.82, 2.24) is 0 Å². The smallest absolute Gasteiger partial charge is 0.274 e. The number of carbonyl (C=O) groups excluding carboxylic acids is 2. The molecule has 1 saturated heterocycles. The van der Waals surface area contributed by atoms with Gasteiger partial charge in [0.1, 0.15) is 0 Å². The number of hydrogen-bond acceptors (Lipinski definition) is 2. The Kier molecular flexibility index (Phi) is 4.13. The van der Waals surface area contributed by atoms with Crippen LogP contribution in [0.25, 0.3) is 5.57 Å². The zero-order chi connectivity index (χ0) is 19.2. The van der Waals surface area contributed by atoms with E-state index in [9.17, 15) is 22.8 Å². The molecule has 2 aromatic carbocycles. The first-order valence-electron chi connectivity index (χ1n) is 8.66. The molecule has 1 fully saturated rings. The number of nitrogens with zero attached hydrogens (tertiary/aromatic N) is 1. The molecule has 0 aromatic heterocycles. The summed E-state index contributed by atoms with van der Waals surface area (Å²) < 4.78 is 40.0.